The SMILES string of the molecule is CC(C)C(=O)NCCNC1CCCC(NC(=O)OC(C)(C)C)C1. The van der Waals surface area contributed by atoms with Crippen molar-refractivity contribution in [2.45, 2.75) is 78.0 Å². The molecule has 6 heteroatoms. The summed E-state index contributed by atoms with van der Waals surface area (Å²) in [6, 6.07) is 0.529. The molecule has 134 valence electrons. The summed E-state index contributed by atoms with van der Waals surface area (Å²) in [4.78, 5) is 23.3. The van der Waals surface area contributed by atoms with Crippen molar-refractivity contribution in [3.63, 3.8) is 0 Å². The molecule has 1 rings (SSSR count). The third-order valence-corrected chi connectivity index (χ3v) is 3.78. The molecule has 1 aliphatic rings. The number of hydrogen-bond donors (Lipinski definition) is 3. The van der Waals surface area contributed by atoms with Gasteiger partial charge in [-0.1, -0.05) is 13.8 Å². The van der Waals surface area contributed by atoms with E-state index in [0.29, 0.717) is 12.6 Å². The van der Waals surface area contributed by atoms with Crippen LogP contribution in [0, 0.1) is 5.92 Å². The molecule has 2 atom stereocenters. The molecule has 0 spiro atoms. The summed E-state index contributed by atoms with van der Waals surface area (Å²) in [6.07, 6.45) is 3.73. The fourth-order valence-corrected chi connectivity index (χ4v) is 2.65. The Morgan fingerprint density at radius 3 is 2.39 bits per heavy atom. The van der Waals surface area contributed by atoms with Gasteiger partial charge in [0.05, 0.1) is 0 Å². The quantitative estimate of drug-likeness (QED) is 0.653. The van der Waals surface area contributed by atoms with Crippen molar-refractivity contribution >= 4 is 12.0 Å². The maximum Gasteiger partial charge on any atom is 0.407 e. The van der Waals surface area contributed by atoms with Gasteiger partial charge in [-0.05, 0) is 46.5 Å². The highest BCUT2D eigenvalue weighted by Gasteiger charge is 2.25. The van der Waals surface area contributed by atoms with Crippen LogP contribution in [0.15, 0.2) is 0 Å². The van der Waals surface area contributed by atoms with Gasteiger partial charge in [-0.2, -0.15) is 0 Å². The predicted molar refractivity (Wildman–Crippen MR) is 91.3 cm³/mol. The lowest BCUT2D eigenvalue weighted by molar-refractivity contribution is -0.123. The average Bonchev–Trinajstić information content (AvgIpc) is 2.41. The van der Waals surface area contributed by atoms with Gasteiger partial charge in [0.1, 0.15) is 5.60 Å². The molecular weight excluding hydrogens is 294 g/mol. The van der Waals surface area contributed by atoms with E-state index >= 15 is 0 Å². The van der Waals surface area contributed by atoms with Crippen LogP contribution in [-0.4, -0.2) is 42.8 Å². The van der Waals surface area contributed by atoms with Gasteiger partial charge in [0.2, 0.25) is 5.91 Å². The normalized spacial score (nSPS) is 21.8. The Balaban J connectivity index is 2.24. The predicted octanol–water partition coefficient (Wildman–Crippen LogP) is 2.18. The summed E-state index contributed by atoms with van der Waals surface area (Å²) in [5.74, 6) is 0.104. The highest BCUT2D eigenvalue weighted by molar-refractivity contribution is 5.77. The minimum absolute atomic E-state index is 0.0205. The fourth-order valence-electron chi connectivity index (χ4n) is 2.65. The number of nitrogens with one attached hydrogen (secondary N) is 3. The summed E-state index contributed by atoms with van der Waals surface area (Å²) in [5.41, 5.74) is -0.467. The van der Waals surface area contributed by atoms with E-state index in [2.05, 4.69) is 16.0 Å². The van der Waals surface area contributed by atoms with E-state index in [1.54, 1.807) is 0 Å². The minimum Gasteiger partial charge on any atom is -0.444 e. The monoisotopic (exact) mass is 327 g/mol. The van der Waals surface area contributed by atoms with Gasteiger partial charge in [-0.15, -0.1) is 0 Å². The van der Waals surface area contributed by atoms with Crippen LogP contribution in [0.25, 0.3) is 0 Å². The molecule has 0 aromatic carbocycles. The molecule has 0 aromatic rings. The van der Waals surface area contributed by atoms with Crippen molar-refractivity contribution in [2.75, 3.05) is 13.1 Å². The van der Waals surface area contributed by atoms with Crippen molar-refractivity contribution < 1.29 is 14.3 Å². The lowest BCUT2D eigenvalue weighted by Crippen LogP contribution is -2.47. The smallest absolute Gasteiger partial charge is 0.407 e. The number of ether oxygens (including phenoxy) is 1. The van der Waals surface area contributed by atoms with Gasteiger partial charge >= 0.3 is 6.09 Å². The summed E-state index contributed by atoms with van der Waals surface area (Å²) < 4.78 is 5.31. The van der Waals surface area contributed by atoms with Crippen molar-refractivity contribution in [1.29, 1.82) is 0 Å². The first-order valence-electron chi connectivity index (χ1n) is 8.68. The zero-order valence-electron chi connectivity index (χ0n) is 15.2. The second-order valence-electron chi connectivity index (χ2n) is 7.61. The van der Waals surface area contributed by atoms with Crippen LogP contribution in [0.2, 0.25) is 0 Å². The topological polar surface area (TPSA) is 79.5 Å². The molecule has 1 aliphatic carbocycles. The Bertz CT molecular complexity index is 391. The molecule has 0 saturated heterocycles. The number of hydrogen-bond acceptors (Lipinski definition) is 4. The van der Waals surface area contributed by atoms with E-state index in [9.17, 15) is 9.59 Å². The average molecular weight is 327 g/mol. The molecule has 3 N–H and O–H groups in total. The standard InChI is InChI=1S/C17H33N3O3/c1-12(2)15(21)19-10-9-18-13-7-6-8-14(11-13)20-16(22)23-17(3,4)5/h12-14,18H,6-11H2,1-5H3,(H,19,21)(H,20,22). The van der Waals surface area contributed by atoms with Gasteiger partial charge in [0.15, 0.2) is 0 Å². The van der Waals surface area contributed by atoms with Crippen LogP contribution in [-0.2, 0) is 9.53 Å². The molecule has 0 heterocycles. The maximum absolute atomic E-state index is 11.8. The highest BCUT2D eigenvalue weighted by Crippen LogP contribution is 2.19. The molecular formula is C17H33N3O3. The number of carbonyl (C=O) groups is 2. The molecule has 0 aliphatic heterocycles. The molecule has 0 radical (unpaired) electrons. The van der Waals surface area contributed by atoms with Gasteiger partial charge < -0.3 is 20.7 Å². The Morgan fingerprint density at radius 2 is 1.78 bits per heavy atom. The molecule has 6 nitrogen and oxygen atoms in total. The molecule has 23 heavy (non-hydrogen) atoms. The second-order valence-corrected chi connectivity index (χ2v) is 7.61. The van der Waals surface area contributed by atoms with E-state index in [0.717, 1.165) is 32.2 Å². The van der Waals surface area contributed by atoms with Gasteiger partial charge in [0.25, 0.3) is 0 Å². The van der Waals surface area contributed by atoms with Gasteiger partial charge in [-0.25, -0.2) is 4.79 Å². The molecule has 2 amide bonds. The van der Waals surface area contributed by atoms with Crippen LogP contribution >= 0.6 is 0 Å². The van der Waals surface area contributed by atoms with Crippen LogP contribution in [0.4, 0.5) is 4.79 Å². The fraction of sp³-hybridized carbons (Fsp3) is 0.882. The first kappa shape index (κ1) is 19.7. The largest absolute Gasteiger partial charge is 0.444 e. The van der Waals surface area contributed by atoms with E-state index in [1.807, 2.05) is 34.6 Å². The number of alkyl carbamates (subject to hydrolysis) is 1. The van der Waals surface area contributed by atoms with Crippen molar-refractivity contribution in [1.82, 2.24) is 16.0 Å². The van der Waals surface area contributed by atoms with Crippen molar-refractivity contribution in [3.8, 4) is 0 Å². The van der Waals surface area contributed by atoms with Crippen LogP contribution in [0.3, 0.4) is 0 Å². The summed E-state index contributed by atoms with van der Waals surface area (Å²) in [5, 5.41) is 9.32. The summed E-state index contributed by atoms with van der Waals surface area (Å²) >= 11 is 0. The Labute approximate surface area is 140 Å². The van der Waals surface area contributed by atoms with Crippen LogP contribution in [0.5, 0.6) is 0 Å². The Hall–Kier alpha value is -1.30. The van der Waals surface area contributed by atoms with Crippen molar-refractivity contribution in [3.05, 3.63) is 0 Å². The summed E-state index contributed by atoms with van der Waals surface area (Å²) in [6.45, 7) is 10.8. The van der Waals surface area contributed by atoms with E-state index in [1.165, 1.54) is 0 Å². The Kier molecular flexibility index (Phi) is 7.82. The molecule has 1 saturated carbocycles. The van der Waals surface area contributed by atoms with Crippen LogP contribution < -0.4 is 16.0 Å². The lowest BCUT2D eigenvalue weighted by atomic mass is 9.91. The molecule has 2 unspecified atom stereocenters. The van der Waals surface area contributed by atoms with Crippen LogP contribution in [0.1, 0.15) is 60.3 Å². The van der Waals surface area contributed by atoms with Gasteiger partial charge in [-0.3, -0.25) is 4.79 Å². The molecule has 0 bridgehead atoms. The van der Waals surface area contributed by atoms with Gasteiger partial charge in [0, 0.05) is 31.1 Å². The Morgan fingerprint density at radius 1 is 1.13 bits per heavy atom. The van der Waals surface area contributed by atoms with E-state index < -0.39 is 5.60 Å². The lowest BCUT2D eigenvalue weighted by Gasteiger charge is -2.31. The number of carbonyl (C=O) groups excluding carboxylic acids is 2. The first-order valence-corrected chi connectivity index (χ1v) is 8.68. The highest BCUT2D eigenvalue weighted by atomic mass is 16.6. The third-order valence-electron chi connectivity index (χ3n) is 3.78. The second kappa shape index (κ2) is 9.11. The van der Waals surface area contributed by atoms with E-state index in [-0.39, 0.29) is 24.0 Å². The van der Waals surface area contributed by atoms with Crippen molar-refractivity contribution in [2.24, 2.45) is 5.92 Å². The zero-order valence-corrected chi connectivity index (χ0v) is 15.2. The summed E-state index contributed by atoms with van der Waals surface area (Å²) in [7, 11) is 0. The number of rotatable bonds is 6. The first-order chi connectivity index (χ1) is 10.7. The molecule has 1 fully saturated rings. The minimum atomic E-state index is -0.467. The molecule has 0 aromatic heterocycles. The maximum atomic E-state index is 11.8. The van der Waals surface area contributed by atoms with E-state index in [4.69, 9.17) is 4.74 Å². The third kappa shape index (κ3) is 8.79. The zero-order chi connectivity index (χ0) is 17.5. The number of amides is 2.